The van der Waals surface area contributed by atoms with Gasteiger partial charge in [-0.2, -0.15) is 0 Å². The first kappa shape index (κ1) is 18.4. The summed E-state index contributed by atoms with van der Waals surface area (Å²) in [5.74, 6) is -0.0948. The van der Waals surface area contributed by atoms with Gasteiger partial charge in [-0.1, -0.05) is 18.2 Å². The molecule has 2 aromatic rings. The van der Waals surface area contributed by atoms with E-state index in [1.807, 2.05) is 0 Å². The average Bonchev–Trinajstić information content (AvgIpc) is 2.58. The van der Waals surface area contributed by atoms with Crippen molar-refractivity contribution in [1.82, 2.24) is 0 Å². The largest absolute Gasteiger partial charge is 0.495 e. The molecule has 0 fully saturated rings. The highest BCUT2D eigenvalue weighted by molar-refractivity contribution is 6.00. The first-order chi connectivity index (χ1) is 12.0. The van der Waals surface area contributed by atoms with E-state index in [1.165, 1.54) is 25.3 Å². The molecule has 0 aliphatic heterocycles. The van der Waals surface area contributed by atoms with Gasteiger partial charge in [-0.25, -0.2) is 9.18 Å². The van der Waals surface area contributed by atoms with Crippen LogP contribution in [0.5, 0.6) is 5.75 Å². The van der Waals surface area contributed by atoms with Crippen molar-refractivity contribution in [2.24, 2.45) is 5.73 Å². The zero-order chi connectivity index (χ0) is 18.2. The van der Waals surface area contributed by atoms with Gasteiger partial charge in [-0.3, -0.25) is 4.79 Å². The summed E-state index contributed by atoms with van der Waals surface area (Å²) in [6.45, 7) is 0.311. The number of ketones is 1. The molecule has 2 amide bonds. The second kappa shape index (κ2) is 8.79. The molecule has 0 heterocycles. The molecule has 4 N–H and O–H groups in total. The number of hydrogen-bond donors (Lipinski definition) is 3. The van der Waals surface area contributed by atoms with E-state index in [0.717, 1.165) is 5.56 Å². The molecule has 0 saturated carbocycles. The number of nitrogens with one attached hydrogen (secondary N) is 2. The highest BCUT2D eigenvalue weighted by Gasteiger charge is 2.11. The SMILES string of the molecule is COc1cc(CC(=O)CCN)ccc1NC(=O)Nc1ccccc1F. The molecule has 6 nitrogen and oxygen atoms in total. The van der Waals surface area contributed by atoms with Crippen LogP contribution in [0.1, 0.15) is 12.0 Å². The third-order valence-electron chi connectivity index (χ3n) is 3.46. The van der Waals surface area contributed by atoms with Crippen LogP contribution in [0.2, 0.25) is 0 Å². The van der Waals surface area contributed by atoms with E-state index in [4.69, 9.17) is 10.5 Å². The van der Waals surface area contributed by atoms with Crippen LogP contribution >= 0.6 is 0 Å². The summed E-state index contributed by atoms with van der Waals surface area (Å²) < 4.78 is 18.8. The van der Waals surface area contributed by atoms with Gasteiger partial charge in [0.25, 0.3) is 0 Å². The lowest BCUT2D eigenvalue weighted by Gasteiger charge is -2.13. The maximum Gasteiger partial charge on any atom is 0.323 e. The van der Waals surface area contributed by atoms with Crippen molar-refractivity contribution in [2.45, 2.75) is 12.8 Å². The Bertz CT molecular complexity index is 765. The molecule has 0 unspecified atom stereocenters. The minimum Gasteiger partial charge on any atom is -0.495 e. The van der Waals surface area contributed by atoms with Crippen molar-refractivity contribution < 1.29 is 18.7 Å². The molecule has 0 aliphatic rings. The third kappa shape index (κ3) is 5.29. The molecule has 132 valence electrons. The maximum atomic E-state index is 13.6. The van der Waals surface area contributed by atoms with E-state index in [0.29, 0.717) is 24.4 Å². The molecule has 0 saturated heterocycles. The first-order valence-corrected chi connectivity index (χ1v) is 7.74. The predicted molar refractivity (Wildman–Crippen MR) is 94.4 cm³/mol. The summed E-state index contributed by atoms with van der Waals surface area (Å²) >= 11 is 0. The molecule has 7 heteroatoms. The van der Waals surface area contributed by atoms with Crippen LogP contribution in [0.4, 0.5) is 20.6 Å². The van der Waals surface area contributed by atoms with E-state index in [2.05, 4.69) is 10.6 Å². The molecule has 0 atom stereocenters. The molecule has 0 aliphatic carbocycles. The topological polar surface area (TPSA) is 93.4 Å². The number of anilines is 2. The molecular weight excluding hydrogens is 325 g/mol. The minimum absolute atomic E-state index is 0.0301. The highest BCUT2D eigenvalue weighted by atomic mass is 19.1. The summed E-state index contributed by atoms with van der Waals surface area (Å²) in [5.41, 5.74) is 6.61. The Balaban J connectivity index is 2.07. The second-order valence-electron chi connectivity index (χ2n) is 5.35. The number of ether oxygens (including phenoxy) is 1. The van der Waals surface area contributed by atoms with Crippen LogP contribution in [0.15, 0.2) is 42.5 Å². The van der Waals surface area contributed by atoms with Gasteiger partial charge >= 0.3 is 6.03 Å². The van der Waals surface area contributed by atoms with Crippen molar-refractivity contribution in [1.29, 1.82) is 0 Å². The van der Waals surface area contributed by atoms with Crippen LogP contribution in [-0.2, 0) is 11.2 Å². The van der Waals surface area contributed by atoms with Crippen molar-refractivity contribution in [3.63, 3.8) is 0 Å². The summed E-state index contributed by atoms with van der Waals surface area (Å²) in [6.07, 6.45) is 0.558. The zero-order valence-corrected chi connectivity index (χ0v) is 13.8. The highest BCUT2D eigenvalue weighted by Crippen LogP contribution is 2.26. The Morgan fingerprint density at radius 3 is 2.52 bits per heavy atom. The van der Waals surface area contributed by atoms with Crippen LogP contribution in [0, 0.1) is 5.82 Å². The predicted octanol–water partition coefficient (Wildman–Crippen LogP) is 2.94. The number of carbonyl (C=O) groups is 2. The minimum atomic E-state index is -0.602. The van der Waals surface area contributed by atoms with Gasteiger partial charge in [0.05, 0.1) is 18.5 Å². The molecular formula is C18H20FN3O3. The molecule has 25 heavy (non-hydrogen) atoms. The fourth-order valence-corrected chi connectivity index (χ4v) is 2.26. The summed E-state index contributed by atoms with van der Waals surface area (Å²) in [7, 11) is 1.46. The molecule has 0 aromatic heterocycles. The van der Waals surface area contributed by atoms with Gasteiger partial charge in [0.2, 0.25) is 0 Å². The summed E-state index contributed by atoms with van der Waals surface area (Å²) in [5, 5.41) is 5.02. The fourth-order valence-electron chi connectivity index (χ4n) is 2.26. The smallest absolute Gasteiger partial charge is 0.323 e. The number of benzene rings is 2. The van der Waals surface area contributed by atoms with Gasteiger partial charge in [-0.05, 0) is 36.4 Å². The quantitative estimate of drug-likeness (QED) is 0.719. The number of halogens is 1. The molecule has 0 bridgehead atoms. The van der Waals surface area contributed by atoms with Gasteiger partial charge in [0.15, 0.2) is 0 Å². The zero-order valence-electron chi connectivity index (χ0n) is 13.8. The van der Waals surface area contributed by atoms with E-state index in [9.17, 15) is 14.0 Å². The van der Waals surface area contributed by atoms with Crippen molar-refractivity contribution >= 4 is 23.2 Å². The Morgan fingerprint density at radius 1 is 1.12 bits per heavy atom. The molecule has 0 spiro atoms. The van der Waals surface area contributed by atoms with Gasteiger partial charge in [0.1, 0.15) is 17.3 Å². The number of carbonyl (C=O) groups excluding carboxylic acids is 2. The van der Waals surface area contributed by atoms with Crippen molar-refractivity contribution in [2.75, 3.05) is 24.3 Å². The summed E-state index contributed by atoms with van der Waals surface area (Å²) in [4.78, 5) is 23.7. The van der Waals surface area contributed by atoms with Gasteiger partial charge in [0, 0.05) is 12.8 Å². The molecule has 0 radical (unpaired) electrons. The maximum absolute atomic E-state index is 13.6. The van der Waals surface area contributed by atoms with Crippen LogP contribution < -0.4 is 21.1 Å². The van der Waals surface area contributed by atoms with Crippen molar-refractivity contribution in [3.8, 4) is 5.75 Å². The van der Waals surface area contributed by atoms with Crippen LogP contribution in [-0.4, -0.2) is 25.5 Å². The first-order valence-electron chi connectivity index (χ1n) is 7.74. The standard InChI is InChI=1S/C18H20FN3O3/c1-25-17-11-12(10-13(23)8-9-20)6-7-16(17)22-18(24)21-15-5-3-2-4-14(15)19/h2-7,11H,8-10,20H2,1H3,(H2,21,22,24). The normalized spacial score (nSPS) is 10.2. The number of amides is 2. The fraction of sp³-hybridized carbons (Fsp3) is 0.222. The van der Waals surface area contributed by atoms with Crippen LogP contribution in [0.3, 0.4) is 0 Å². The number of methoxy groups -OCH3 is 1. The van der Waals surface area contributed by atoms with Gasteiger partial charge < -0.3 is 21.1 Å². The third-order valence-corrected chi connectivity index (χ3v) is 3.46. The van der Waals surface area contributed by atoms with E-state index >= 15 is 0 Å². The number of urea groups is 1. The monoisotopic (exact) mass is 345 g/mol. The Labute approximate surface area is 145 Å². The number of nitrogens with two attached hydrogens (primary N) is 1. The molecule has 2 aromatic carbocycles. The Hall–Kier alpha value is -2.93. The van der Waals surface area contributed by atoms with E-state index < -0.39 is 11.8 Å². The number of para-hydroxylation sites is 1. The van der Waals surface area contributed by atoms with E-state index in [-0.39, 0.29) is 17.9 Å². The number of rotatable bonds is 7. The second-order valence-corrected chi connectivity index (χ2v) is 5.35. The number of Topliss-reactive ketones (excluding diaryl/α,β-unsaturated/α-hetero) is 1. The van der Waals surface area contributed by atoms with Crippen molar-refractivity contribution in [3.05, 3.63) is 53.8 Å². The lowest BCUT2D eigenvalue weighted by atomic mass is 10.1. The summed E-state index contributed by atoms with van der Waals surface area (Å²) in [6, 6.07) is 10.3. The van der Waals surface area contributed by atoms with Crippen LogP contribution in [0.25, 0.3) is 0 Å². The Kier molecular flexibility index (Phi) is 6.47. The average molecular weight is 345 g/mol. The van der Waals surface area contributed by atoms with E-state index in [1.54, 1.807) is 24.3 Å². The lowest BCUT2D eigenvalue weighted by Crippen LogP contribution is -2.20. The Morgan fingerprint density at radius 2 is 1.84 bits per heavy atom. The van der Waals surface area contributed by atoms with Gasteiger partial charge in [-0.15, -0.1) is 0 Å². The lowest BCUT2D eigenvalue weighted by molar-refractivity contribution is -0.118. The number of hydrogen-bond acceptors (Lipinski definition) is 4. The molecule has 2 rings (SSSR count).